The SMILES string of the molecule is Cc1ccc([C@H]2CC(c3ccc(Br)cc3)=NN2S(=O)(=O)c2ccc(C)cc2)cc1. The topological polar surface area (TPSA) is 49.7 Å². The molecular weight excluding hydrogens is 448 g/mol. The maximum Gasteiger partial charge on any atom is 0.279 e. The maximum atomic E-state index is 13.4. The fourth-order valence-corrected chi connectivity index (χ4v) is 5.08. The van der Waals surface area contributed by atoms with Crippen molar-refractivity contribution in [3.05, 3.63) is 99.5 Å². The van der Waals surface area contributed by atoms with Gasteiger partial charge in [0.1, 0.15) is 0 Å². The Balaban J connectivity index is 1.79. The number of hydrogen-bond acceptors (Lipinski definition) is 3. The predicted octanol–water partition coefficient (Wildman–Crippen LogP) is 5.61. The lowest BCUT2D eigenvalue weighted by Crippen LogP contribution is -2.27. The lowest BCUT2D eigenvalue weighted by atomic mass is 9.98. The summed E-state index contributed by atoms with van der Waals surface area (Å²) in [4.78, 5) is 0.251. The molecule has 29 heavy (non-hydrogen) atoms. The Kier molecular flexibility index (Phi) is 5.32. The second kappa shape index (κ2) is 7.76. The van der Waals surface area contributed by atoms with Gasteiger partial charge in [-0.15, -0.1) is 0 Å². The van der Waals surface area contributed by atoms with Gasteiger partial charge in [0.2, 0.25) is 0 Å². The molecule has 4 rings (SSSR count). The number of halogens is 1. The van der Waals surface area contributed by atoms with Crippen LogP contribution < -0.4 is 0 Å². The standard InChI is InChI=1S/C23H21BrN2O2S/c1-16-3-7-19(8-4-16)23-15-22(18-9-11-20(24)12-10-18)25-26(23)29(27,28)21-13-5-17(2)6-14-21/h3-14,23H,15H2,1-2H3/t23-/m1/s1. The molecule has 1 atom stereocenters. The van der Waals surface area contributed by atoms with Crippen molar-refractivity contribution in [2.24, 2.45) is 5.10 Å². The van der Waals surface area contributed by atoms with E-state index in [9.17, 15) is 8.42 Å². The van der Waals surface area contributed by atoms with Gasteiger partial charge < -0.3 is 0 Å². The normalized spacial score (nSPS) is 16.7. The predicted molar refractivity (Wildman–Crippen MR) is 119 cm³/mol. The smallest absolute Gasteiger partial charge is 0.200 e. The number of rotatable bonds is 4. The van der Waals surface area contributed by atoms with Gasteiger partial charge in [-0.2, -0.15) is 17.9 Å². The first kappa shape index (κ1) is 19.9. The van der Waals surface area contributed by atoms with Crippen molar-refractivity contribution in [1.29, 1.82) is 0 Å². The van der Waals surface area contributed by atoms with Gasteiger partial charge in [-0.05, 0) is 49.2 Å². The number of nitrogens with zero attached hydrogens (tertiary/aromatic N) is 2. The molecule has 1 heterocycles. The Labute approximate surface area is 180 Å². The molecule has 0 spiro atoms. The number of aryl methyl sites for hydroxylation is 2. The molecule has 0 amide bonds. The Morgan fingerprint density at radius 1 is 0.862 bits per heavy atom. The molecule has 3 aromatic rings. The molecule has 0 radical (unpaired) electrons. The molecule has 0 unspecified atom stereocenters. The van der Waals surface area contributed by atoms with Crippen molar-refractivity contribution in [1.82, 2.24) is 4.41 Å². The quantitative estimate of drug-likeness (QED) is 0.499. The van der Waals surface area contributed by atoms with E-state index in [1.807, 2.05) is 74.5 Å². The highest BCUT2D eigenvalue weighted by molar-refractivity contribution is 9.10. The number of hydrogen-bond donors (Lipinski definition) is 0. The molecule has 3 aromatic carbocycles. The van der Waals surface area contributed by atoms with E-state index >= 15 is 0 Å². The van der Waals surface area contributed by atoms with Crippen LogP contribution in [-0.2, 0) is 10.0 Å². The molecule has 0 N–H and O–H groups in total. The Hall–Kier alpha value is -2.44. The average Bonchev–Trinajstić information content (AvgIpc) is 3.16. The summed E-state index contributed by atoms with van der Waals surface area (Å²) in [6, 6.07) is 22.3. The van der Waals surface area contributed by atoms with E-state index < -0.39 is 10.0 Å². The zero-order chi connectivity index (χ0) is 20.6. The molecule has 0 aliphatic carbocycles. The molecule has 0 saturated carbocycles. The van der Waals surface area contributed by atoms with Crippen LogP contribution >= 0.6 is 15.9 Å². The Bertz CT molecular complexity index is 1150. The van der Waals surface area contributed by atoms with Crippen LogP contribution in [0.3, 0.4) is 0 Å². The lowest BCUT2D eigenvalue weighted by Gasteiger charge is -2.23. The minimum absolute atomic E-state index is 0.251. The van der Waals surface area contributed by atoms with E-state index in [2.05, 4.69) is 21.0 Å². The van der Waals surface area contributed by atoms with Gasteiger partial charge in [0.25, 0.3) is 10.0 Å². The zero-order valence-electron chi connectivity index (χ0n) is 16.2. The van der Waals surface area contributed by atoms with Crippen LogP contribution in [0.25, 0.3) is 0 Å². The molecule has 0 aromatic heterocycles. The van der Waals surface area contributed by atoms with Crippen LogP contribution in [0.5, 0.6) is 0 Å². The summed E-state index contributed by atoms with van der Waals surface area (Å²) in [5.41, 5.74) is 4.76. The van der Waals surface area contributed by atoms with Crippen LogP contribution in [0, 0.1) is 13.8 Å². The fraction of sp³-hybridized carbons (Fsp3) is 0.174. The van der Waals surface area contributed by atoms with Crippen LogP contribution in [0.2, 0.25) is 0 Å². The molecule has 4 nitrogen and oxygen atoms in total. The molecule has 148 valence electrons. The van der Waals surface area contributed by atoms with Crippen molar-refractivity contribution in [3.63, 3.8) is 0 Å². The van der Waals surface area contributed by atoms with E-state index in [0.717, 1.165) is 32.4 Å². The maximum absolute atomic E-state index is 13.4. The van der Waals surface area contributed by atoms with E-state index in [0.29, 0.717) is 6.42 Å². The minimum Gasteiger partial charge on any atom is -0.200 e. The van der Waals surface area contributed by atoms with Crippen LogP contribution in [0.1, 0.15) is 34.7 Å². The summed E-state index contributed by atoms with van der Waals surface area (Å²) in [5, 5.41) is 4.59. The van der Waals surface area contributed by atoms with E-state index in [1.54, 1.807) is 12.1 Å². The van der Waals surface area contributed by atoms with Crippen LogP contribution in [0.15, 0.2) is 87.3 Å². The average molecular weight is 469 g/mol. The molecule has 0 fully saturated rings. The highest BCUT2D eigenvalue weighted by Gasteiger charge is 2.37. The van der Waals surface area contributed by atoms with Crippen molar-refractivity contribution in [3.8, 4) is 0 Å². The summed E-state index contributed by atoms with van der Waals surface area (Å²) in [5.74, 6) is 0. The van der Waals surface area contributed by atoms with Crippen molar-refractivity contribution < 1.29 is 8.42 Å². The summed E-state index contributed by atoms with van der Waals surface area (Å²) in [6.07, 6.45) is 0.524. The van der Waals surface area contributed by atoms with E-state index in [-0.39, 0.29) is 10.9 Å². The number of hydrazone groups is 1. The first-order valence-electron chi connectivity index (χ1n) is 9.36. The fourth-order valence-electron chi connectivity index (χ4n) is 3.38. The highest BCUT2D eigenvalue weighted by Crippen LogP contribution is 2.37. The summed E-state index contributed by atoms with van der Waals surface area (Å²) in [6.45, 7) is 3.95. The summed E-state index contributed by atoms with van der Waals surface area (Å²) < 4.78 is 29.1. The summed E-state index contributed by atoms with van der Waals surface area (Å²) >= 11 is 3.44. The Morgan fingerprint density at radius 2 is 1.41 bits per heavy atom. The van der Waals surface area contributed by atoms with Crippen molar-refractivity contribution in [2.45, 2.75) is 31.2 Å². The second-order valence-electron chi connectivity index (χ2n) is 7.27. The molecule has 0 bridgehead atoms. The van der Waals surface area contributed by atoms with Gasteiger partial charge in [-0.3, -0.25) is 0 Å². The number of sulfonamides is 1. The van der Waals surface area contributed by atoms with Crippen molar-refractivity contribution >= 4 is 31.7 Å². The number of benzene rings is 3. The van der Waals surface area contributed by atoms with E-state index in [4.69, 9.17) is 0 Å². The molecule has 1 aliphatic rings. The van der Waals surface area contributed by atoms with Gasteiger partial charge in [-0.25, -0.2) is 0 Å². The first-order valence-corrected chi connectivity index (χ1v) is 11.6. The third-order valence-corrected chi connectivity index (χ3v) is 7.30. The third kappa shape index (κ3) is 4.00. The van der Waals surface area contributed by atoms with E-state index in [1.165, 1.54) is 4.41 Å². The monoisotopic (exact) mass is 468 g/mol. The van der Waals surface area contributed by atoms with Crippen LogP contribution in [-0.4, -0.2) is 18.5 Å². The molecular formula is C23H21BrN2O2S. The summed E-state index contributed by atoms with van der Waals surface area (Å²) in [7, 11) is -3.78. The largest absolute Gasteiger partial charge is 0.279 e. The Morgan fingerprint density at radius 3 is 2.00 bits per heavy atom. The van der Waals surface area contributed by atoms with Crippen LogP contribution in [0.4, 0.5) is 0 Å². The van der Waals surface area contributed by atoms with Gasteiger partial charge in [0, 0.05) is 10.9 Å². The molecule has 0 saturated heterocycles. The molecule has 1 aliphatic heterocycles. The minimum atomic E-state index is -3.78. The van der Waals surface area contributed by atoms with Gasteiger partial charge in [0.05, 0.1) is 16.6 Å². The third-order valence-electron chi connectivity index (χ3n) is 5.08. The van der Waals surface area contributed by atoms with Gasteiger partial charge in [-0.1, -0.05) is 75.6 Å². The second-order valence-corrected chi connectivity index (χ2v) is 9.99. The molecule has 6 heteroatoms. The van der Waals surface area contributed by atoms with Crippen molar-refractivity contribution in [2.75, 3.05) is 0 Å². The van der Waals surface area contributed by atoms with Gasteiger partial charge in [0.15, 0.2) is 0 Å². The zero-order valence-corrected chi connectivity index (χ0v) is 18.6. The lowest BCUT2D eigenvalue weighted by molar-refractivity contribution is 0.371. The highest BCUT2D eigenvalue weighted by atomic mass is 79.9. The van der Waals surface area contributed by atoms with Gasteiger partial charge >= 0.3 is 0 Å². The first-order chi connectivity index (χ1) is 13.8.